The van der Waals surface area contributed by atoms with Gasteiger partial charge in [-0.1, -0.05) is 5.92 Å². The van der Waals surface area contributed by atoms with Gasteiger partial charge in [0.05, 0.1) is 12.6 Å². The van der Waals surface area contributed by atoms with Gasteiger partial charge < -0.3 is 16.0 Å². The van der Waals surface area contributed by atoms with Crippen molar-refractivity contribution < 1.29 is 9.59 Å². The minimum Gasteiger partial charge on any atom is -0.353 e. The summed E-state index contributed by atoms with van der Waals surface area (Å²) in [6.07, 6.45) is 8.49. The molecule has 0 radical (unpaired) electrons. The minimum absolute atomic E-state index is 0.101. The van der Waals surface area contributed by atoms with Gasteiger partial charge in [0.2, 0.25) is 11.8 Å². The maximum absolute atomic E-state index is 11.4. The summed E-state index contributed by atoms with van der Waals surface area (Å²) in [5.41, 5.74) is 0. The van der Waals surface area contributed by atoms with Crippen LogP contribution in [0.1, 0.15) is 32.6 Å². The highest BCUT2D eigenvalue weighted by Gasteiger charge is 2.22. The molecule has 1 fully saturated rings. The summed E-state index contributed by atoms with van der Waals surface area (Å²) in [7, 11) is 0. The van der Waals surface area contributed by atoms with E-state index in [0.29, 0.717) is 19.0 Å². The van der Waals surface area contributed by atoms with Crippen LogP contribution in [0.25, 0.3) is 0 Å². The highest BCUT2D eigenvalue weighted by atomic mass is 16.2. The van der Waals surface area contributed by atoms with Crippen LogP contribution in [-0.2, 0) is 9.59 Å². The van der Waals surface area contributed by atoms with Crippen molar-refractivity contribution in [2.75, 3.05) is 13.1 Å². The zero-order valence-corrected chi connectivity index (χ0v) is 10.8. The molecule has 5 nitrogen and oxygen atoms in total. The van der Waals surface area contributed by atoms with E-state index in [1.165, 1.54) is 0 Å². The molecule has 1 aliphatic carbocycles. The van der Waals surface area contributed by atoms with E-state index in [1.807, 2.05) is 0 Å². The standard InChI is InChI=1S/C13H21N3O2/c1-3-8-15-13(18)10(2)14-9-4-5-12(17)16-11-6-7-11/h1,10-11,14H,4-9H2,2H3,(H,15,18)(H,16,17). The number of hydrogen-bond acceptors (Lipinski definition) is 3. The van der Waals surface area contributed by atoms with Crippen LogP contribution in [0.15, 0.2) is 0 Å². The molecule has 100 valence electrons. The molecular weight excluding hydrogens is 230 g/mol. The Morgan fingerprint density at radius 3 is 2.78 bits per heavy atom. The maximum Gasteiger partial charge on any atom is 0.237 e. The number of terminal acetylenes is 1. The van der Waals surface area contributed by atoms with E-state index in [0.717, 1.165) is 19.3 Å². The Bertz CT molecular complexity index is 332. The Morgan fingerprint density at radius 1 is 1.44 bits per heavy atom. The second kappa shape index (κ2) is 7.72. The zero-order chi connectivity index (χ0) is 13.4. The molecule has 1 rings (SSSR count). The quantitative estimate of drug-likeness (QED) is 0.412. The number of amides is 2. The van der Waals surface area contributed by atoms with Crippen molar-refractivity contribution in [3.05, 3.63) is 0 Å². The van der Waals surface area contributed by atoms with Crippen molar-refractivity contribution >= 4 is 11.8 Å². The van der Waals surface area contributed by atoms with E-state index in [1.54, 1.807) is 6.92 Å². The van der Waals surface area contributed by atoms with E-state index in [9.17, 15) is 9.59 Å². The third-order valence-electron chi connectivity index (χ3n) is 2.73. The Morgan fingerprint density at radius 2 is 2.17 bits per heavy atom. The molecule has 5 heteroatoms. The van der Waals surface area contributed by atoms with Crippen LogP contribution >= 0.6 is 0 Å². The first-order valence-corrected chi connectivity index (χ1v) is 6.37. The number of rotatable bonds is 8. The minimum atomic E-state index is -0.287. The first kappa shape index (κ1) is 14.5. The van der Waals surface area contributed by atoms with Gasteiger partial charge in [-0.15, -0.1) is 6.42 Å². The molecule has 0 aromatic heterocycles. The summed E-state index contributed by atoms with van der Waals surface area (Å²) >= 11 is 0. The second-order valence-corrected chi connectivity index (χ2v) is 4.54. The Labute approximate surface area is 108 Å². The largest absolute Gasteiger partial charge is 0.353 e. The molecule has 0 saturated heterocycles. The smallest absolute Gasteiger partial charge is 0.237 e. The highest BCUT2D eigenvalue weighted by molar-refractivity contribution is 5.81. The summed E-state index contributed by atoms with van der Waals surface area (Å²) in [5, 5.41) is 8.58. The van der Waals surface area contributed by atoms with E-state index < -0.39 is 0 Å². The molecule has 0 bridgehead atoms. The Hall–Kier alpha value is -1.54. The van der Waals surface area contributed by atoms with Crippen LogP contribution in [0, 0.1) is 12.3 Å². The first-order valence-electron chi connectivity index (χ1n) is 6.37. The van der Waals surface area contributed by atoms with E-state index in [-0.39, 0.29) is 24.4 Å². The normalized spacial score (nSPS) is 15.6. The predicted molar refractivity (Wildman–Crippen MR) is 69.7 cm³/mol. The molecule has 1 atom stereocenters. The summed E-state index contributed by atoms with van der Waals surface area (Å²) in [6.45, 7) is 2.66. The number of nitrogens with one attached hydrogen (secondary N) is 3. The lowest BCUT2D eigenvalue weighted by Gasteiger charge is -2.12. The van der Waals surface area contributed by atoms with Crippen molar-refractivity contribution in [2.45, 2.75) is 44.7 Å². The van der Waals surface area contributed by atoms with Gasteiger partial charge in [-0.05, 0) is 32.7 Å². The summed E-state index contributed by atoms with van der Waals surface area (Å²) in [5.74, 6) is 2.33. The van der Waals surface area contributed by atoms with E-state index >= 15 is 0 Å². The van der Waals surface area contributed by atoms with Gasteiger partial charge in [-0.3, -0.25) is 9.59 Å². The average Bonchev–Trinajstić information content (AvgIpc) is 3.15. The molecule has 0 aliphatic heterocycles. The van der Waals surface area contributed by atoms with Crippen molar-refractivity contribution in [2.24, 2.45) is 0 Å². The maximum atomic E-state index is 11.4. The molecule has 0 aromatic rings. The monoisotopic (exact) mass is 251 g/mol. The Kier molecular flexibility index (Phi) is 6.23. The number of carbonyl (C=O) groups is 2. The fourth-order valence-corrected chi connectivity index (χ4v) is 1.48. The van der Waals surface area contributed by atoms with Crippen LogP contribution in [0.5, 0.6) is 0 Å². The SMILES string of the molecule is C#CCNC(=O)C(C)NCCCC(=O)NC1CC1. The molecule has 18 heavy (non-hydrogen) atoms. The van der Waals surface area contributed by atoms with Gasteiger partial charge in [0, 0.05) is 12.5 Å². The van der Waals surface area contributed by atoms with Gasteiger partial charge in [0.15, 0.2) is 0 Å². The molecule has 3 N–H and O–H groups in total. The van der Waals surface area contributed by atoms with Gasteiger partial charge in [-0.25, -0.2) is 0 Å². The molecule has 0 heterocycles. The summed E-state index contributed by atoms with van der Waals surface area (Å²) < 4.78 is 0. The van der Waals surface area contributed by atoms with Crippen LogP contribution < -0.4 is 16.0 Å². The van der Waals surface area contributed by atoms with Crippen molar-refractivity contribution in [3.8, 4) is 12.3 Å². The van der Waals surface area contributed by atoms with Gasteiger partial charge in [-0.2, -0.15) is 0 Å². The fraction of sp³-hybridized carbons (Fsp3) is 0.692. The molecule has 2 amide bonds. The van der Waals surface area contributed by atoms with Crippen LogP contribution in [0.4, 0.5) is 0 Å². The topological polar surface area (TPSA) is 70.2 Å². The van der Waals surface area contributed by atoms with Crippen LogP contribution in [-0.4, -0.2) is 37.0 Å². The zero-order valence-electron chi connectivity index (χ0n) is 10.8. The van der Waals surface area contributed by atoms with Gasteiger partial charge in [0.25, 0.3) is 0 Å². The van der Waals surface area contributed by atoms with Gasteiger partial charge >= 0.3 is 0 Å². The lowest BCUT2D eigenvalue weighted by atomic mass is 10.2. The number of carbonyl (C=O) groups excluding carboxylic acids is 2. The van der Waals surface area contributed by atoms with Crippen molar-refractivity contribution in [1.29, 1.82) is 0 Å². The average molecular weight is 251 g/mol. The summed E-state index contributed by atoms with van der Waals surface area (Å²) in [6, 6.07) is 0.128. The van der Waals surface area contributed by atoms with Gasteiger partial charge in [0.1, 0.15) is 0 Å². The molecule has 1 unspecified atom stereocenters. The lowest BCUT2D eigenvalue weighted by Crippen LogP contribution is -2.42. The third-order valence-corrected chi connectivity index (χ3v) is 2.73. The second-order valence-electron chi connectivity index (χ2n) is 4.54. The Balaban J connectivity index is 2.00. The lowest BCUT2D eigenvalue weighted by molar-refractivity contribution is -0.122. The van der Waals surface area contributed by atoms with Crippen LogP contribution in [0.3, 0.4) is 0 Å². The van der Waals surface area contributed by atoms with E-state index in [2.05, 4.69) is 21.9 Å². The van der Waals surface area contributed by atoms with E-state index in [4.69, 9.17) is 6.42 Å². The third kappa shape index (κ3) is 6.26. The molecule has 0 aromatic carbocycles. The number of hydrogen-bond donors (Lipinski definition) is 3. The summed E-state index contributed by atoms with van der Waals surface area (Å²) in [4.78, 5) is 22.8. The molecular formula is C13H21N3O2. The van der Waals surface area contributed by atoms with Crippen molar-refractivity contribution in [1.82, 2.24) is 16.0 Å². The molecule has 0 spiro atoms. The highest BCUT2D eigenvalue weighted by Crippen LogP contribution is 2.18. The molecule has 1 aliphatic rings. The fourth-order valence-electron chi connectivity index (χ4n) is 1.48. The predicted octanol–water partition coefficient (Wildman–Crippen LogP) is -0.227. The van der Waals surface area contributed by atoms with Crippen molar-refractivity contribution in [3.63, 3.8) is 0 Å². The molecule has 1 saturated carbocycles. The first-order chi connectivity index (χ1) is 8.63. The van der Waals surface area contributed by atoms with Crippen LogP contribution in [0.2, 0.25) is 0 Å².